The van der Waals surface area contributed by atoms with Crippen molar-refractivity contribution in [1.29, 1.82) is 0 Å². The van der Waals surface area contributed by atoms with Crippen LogP contribution in [0.4, 0.5) is 5.69 Å². The van der Waals surface area contributed by atoms with E-state index in [0.717, 1.165) is 16.7 Å². The first kappa shape index (κ1) is 22.6. The molecule has 0 saturated carbocycles. The van der Waals surface area contributed by atoms with Crippen LogP contribution >= 0.6 is 11.6 Å². The number of amides is 1. The molecule has 0 unspecified atom stereocenters. The average molecular weight is 451 g/mol. The Morgan fingerprint density at radius 3 is 2.37 bits per heavy atom. The van der Waals surface area contributed by atoms with E-state index in [1.165, 1.54) is 11.4 Å². The topological polar surface area (TPSA) is 75.7 Å². The Hall–Kier alpha value is -2.09. The summed E-state index contributed by atoms with van der Waals surface area (Å²) in [4.78, 5) is 13.1. The number of ether oxygens (including phenoxy) is 1. The van der Waals surface area contributed by atoms with Crippen LogP contribution in [-0.4, -0.2) is 38.8 Å². The summed E-state index contributed by atoms with van der Waals surface area (Å²) in [5.74, 6) is 0.0867. The highest BCUT2D eigenvalue weighted by atomic mass is 35.5. The first-order valence-corrected chi connectivity index (χ1v) is 11.7. The molecule has 162 valence electrons. The summed E-state index contributed by atoms with van der Waals surface area (Å²) in [5.41, 5.74) is 3.16. The van der Waals surface area contributed by atoms with Crippen LogP contribution in [0.2, 0.25) is 5.02 Å². The number of halogens is 1. The van der Waals surface area contributed by atoms with E-state index in [1.54, 1.807) is 18.2 Å². The molecule has 1 saturated heterocycles. The highest BCUT2D eigenvalue weighted by molar-refractivity contribution is 7.89. The predicted molar refractivity (Wildman–Crippen MR) is 119 cm³/mol. The van der Waals surface area contributed by atoms with Gasteiger partial charge in [0.15, 0.2) is 0 Å². The molecule has 1 fully saturated rings. The van der Waals surface area contributed by atoms with Crippen molar-refractivity contribution in [1.82, 2.24) is 4.31 Å². The molecule has 0 atom stereocenters. The van der Waals surface area contributed by atoms with Crippen molar-refractivity contribution < 1.29 is 17.9 Å². The molecule has 1 N–H and O–H groups in total. The minimum Gasteiger partial charge on any atom is -0.495 e. The van der Waals surface area contributed by atoms with Gasteiger partial charge in [-0.15, -0.1) is 0 Å². The fourth-order valence-corrected chi connectivity index (χ4v) is 5.58. The van der Waals surface area contributed by atoms with E-state index in [4.69, 9.17) is 16.3 Å². The summed E-state index contributed by atoms with van der Waals surface area (Å²) in [6.45, 7) is 6.22. The second-order valence-corrected chi connectivity index (χ2v) is 10.1. The van der Waals surface area contributed by atoms with Crippen LogP contribution in [0.3, 0.4) is 0 Å². The molecule has 3 rings (SSSR count). The SMILES string of the molecule is COc1cc(Cl)c(C)cc1NC(=O)C1CCN(S(=O)(=O)c2ccc(C)cc2C)CC1. The van der Waals surface area contributed by atoms with Crippen LogP contribution in [0.15, 0.2) is 35.2 Å². The van der Waals surface area contributed by atoms with Gasteiger partial charge in [0.1, 0.15) is 5.75 Å². The van der Waals surface area contributed by atoms with Crippen LogP contribution in [0.1, 0.15) is 29.5 Å². The Morgan fingerprint density at radius 1 is 1.10 bits per heavy atom. The van der Waals surface area contributed by atoms with Gasteiger partial charge in [-0.3, -0.25) is 4.79 Å². The molecule has 8 heteroatoms. The van der Waals surface area contributed by atoms with Crippen LogP contribution in [0, 0.1) is 26.7 Å². The lowest BCUT2D eigenvalue weighted by Gasteiger charge is -2.31. The fourth-order valence-electron chi connectivity index (χ4n) is 3.75. The molecule has 1 aliphatic rings. The number of nitrogens with zero attached hydrogens (tertiary/aromatic N) is 1. The minimum atomic E-state index is -3.57. The average Bonchev–Trinajstić information content (AvgIpc) is 2.70. The molecule has 30 heavy (non-hydrogen) atoms. The van der Waals surface area contributed by atoms with Gasteiger partial charge in [0, 0.05) is 30.1 Å². The Labute approximate surface area is 183 Å². The molecule has 1 heterocycles. The third-order valence-corrected chi connectivity index (χ3v) is 7.98. The summed E-state index contributed by atoms with van der Waals surface area (Å²) >= 11 is 6.12. The standard InChI is InChI=1S/C22H27ClN2O4S/c1-14-5-6-21(16(3)11-14)30(27,28)25-9-7-17(8-10-25)22(26)24-19-12-15(2)18(23)13-20(19)29-4/h5-6,11-13,17H,7-10H2,1-4H3,(H,24,26). The highest BCUT2D eigenvalue weighted by Gasteiger charge is 2.33. The maximum atomic E-state index is 13.0. The van der Waals surface area contributed by atoms with Crippen molar-refractivity contribution >= 4 is 33.2 Å². The molecule has 0 spiro atoms. The van der Waals surface area contributed by atoms with Gasteiger partial charge in [-0.05, 0) is 56.9 Å². The molecule has 6 nitrogen and oxygen atoms in total. The first-order valence-electron chi connectivity index (χ1n) is 9.86. The van der Waals surface area contributed by atoms with E-state index >= 15 is 0 Å². The molecule has 0 aromatic heterocycles. The Bertz CT molecular complexity index is 1060. The number of anilines is 1. The molecule has 0 aliphatic carbocycles. The van der Waals surface area contributed by atoms with Gasteiger partial charge in [0.2, 0.25) is 15.9 Å². The third-order valence-electron chi connectivity index (χ3n) is 5.51. The van der Waals surface area contributed by atoms with E-state index < -0.39 is 10.0 Å². The van der Waals surface area contributed by atoms with Crippen molar-refractivity contribution in [3.63, 3.8) is 0 Å². The predicted octanol–water partition coefficient (Wildman–Crippen LogP) is 4.31. The number of aryl methyl sites for hydroxylation is 3. The number of sulfonamides is 1. The van der Waals surface area contributed by atoms with Crippen molar-refractivity contribution in [2.24, 2.45) is 5.92 Å². The van der Waals surface area contributed by atoms with E-state index in [-0.39, 0.29) is 11.8 Å². The molecule has 2 aromatic carbocycles. The van der Waals surface area contributed by atoms with Crippen molar-refractivity contribution in [3.8, 4) is 5.75 Å². The lowest BCUT2D eigenvalue weighted by Crippen LogP contribution is -2.41. The summed E-state index contributed by atoms with van der Waals surface area (Å²) < 4.78 is 32.9. The lowest BCUT2D eigenvalue weighted by atomic mass is 9.97. The van der Waals surface area contributed by atoms with E-state index in [1.807, 2.05) is 32.9 Å². The molecule has 2 aromatic rings. The number of hydrogen-bond donors (Lipinski definition) is 1. The number of benzene rings is 2. The zero-order valence-corrected chi connectivity index (χ0v) is 19.2. The summed E-state index contributed by atoms with van der Waals surface area (Å²) in [7, 11) is -2.05. The van der Waals surface area contributed by atoms with Gasteiger partial charge >= 0.3 is 0 Å². The maximum absolute atomic E-state index is 13.0. The number of carbonyl (C=O) groups is 1. The van der Waals surface area contributed by atoms with Crippen LogP contribution in [-0.2, 0) is 14.8 Å². The normalized spacial score (nSPS) is 15.8. The summed E-state index contributed by atoms with van der Waals surface area (Å²) in [5, 5.41) is 3.47. The largest absolute Gasteiger partial charge is 0.495 e. The molecule has 0 radical (unpaired) electrons. The van der Waals surface area contributed by atoms with E-state index in [2.05, 4.69) is 5.32 Å². The van der Waals surface area contributed by atoms with Gasteiger partial charge in [0.05, 0.1) is 17.7 Å². The molecule has 1 aliphatic heterocycles. The molecule has 1 amide bonds. The zero-order valence-electron chi connectivity index (χ0n) is 17.7. The smallest absolute Gasteiger partial charge is 0.243 e. The first-order chi connectivity index (χ1) is 14.1. The number of hydrogen-bond acceptors (Lipinski definition) is 4. The maximum Gasteiger partial charge on any atom is 0.243 e. The molecular formula is C22H27ClN2O4S. The number of nitrogens with one attached hydrogen (secondary N) is 1. The quantitative estimate of drug-likeness (QED) is 0.736. The highest BCUT2D eigenvalue weighted by Crippen LogP contribution is 2.32. The van der Waals surface area contributed by atoms with Crippen LogP contribution in [0.25, 0.3) is 0 Å². The number of piperidine rings is 1. The van der Waals surface area contributed by atoms with Crippen molar-refractivity contribution in [2.75, 3.05) is 25.5 Å². The van der Waals surface area contributed by atoms with Gasteiger partial charge in [-0.2, -0.15) is 4.31 Å². The summed E-state index contributed by atoms with van der Waals surface area (Å²) in [6.07, 6.45) is 0.926. The van der Waals surface area contributed by atoms with E-state index in [9.17, 15) is 13.2 Å². The fraction of sp³-hybridized carbons (Fsp3) is 0.409. The third kappa shape index (κ3) is 4.63. The Kier molecular flexibility index (Phi) is 6.75. The summed E-state index contributed by atoms with van der Waals surface area (Å²) in [6, 6.07) is 8.79. The number of rotatable bonds is 5. The van der Waals surface area contributed by atoms with Gasteiger partial charge in [-0.1, -0.05) is 29.3 Å². The van der Waals surface area contributed by atoms with Crippen LogP contribution in [0.5, 0.6) is 5.75 Å². The molecular weight excluding hydrogens is 424 g/mol. The number of methoxy groups -OCH3 is 1. The van der Waals surface area contributed by atoms with E-state index in [0.29, 0.717) is 47.3 Å². The van der Waals surface area contributed by atoms with Crippen molar-refractivity contribution in [3.05, 3.63) is 52.0 Å². The van der Waals surface area contributed by atoms with Gasteiger partial charge in [-0.25, -0.2) is 8.42 Å². The monoisotopic (exact) mass is 450 g/mol. The minimum absolute atomic E-state index is 0.140. The second kappa shape index (κ2) is 8.96. The van der Waals surface area contributed by atoms with Crippen molar-refractivity contribution in [2.45, 2.75) is 38.5 Å². The second-order valence-electron chi connectivity index (χ2n) is 7.74. The zero-order chi connectivity index (χ0) is 22.1. The molecule has 0 bridgehead atoms. The van der Waals surface area contributed by atoms with Gasteiger partial charge in [0.25, 0.3) is 0 Å². The number of carbonyl (C=O) groups excluding carboxylic acids is 1. The van der Waals surface area contributed by atoms with Gasteiger partial charge < -0.3 is 10.1 Å². The lowest BCUT2D eigenvalue weighted by molar-refractivity contribution is -0.120. The Balaban J connectivity index is 1.68. The Morgan fingerprint density at radius 2 is 1.77 bits per heavy atom. The van der Waals surface area contributed by atoms with Crippen LogP contribution < -0.4 is 10.1 Å².